The normalized spacial score (nSPS) is 28.9. The molecule has 2 aliphatic rings. The Balaban J connectivity index is 1.90. The lowest BCUT2D eigenvalue weighted by atomic mass is 10.0. The van der Waals surface area contributed by atoms with Crippen LogP contribution in [0.15, 0.2) is 0 Å². The van der Waals surface area contributed by atoms with Crippen LogP contribution in [0.2, 0.25) is 0 Å². The summed E-state index contributed by atoms with van der Waals surface area (Å²) in [5, 5.41) is 0. The third-order valence-corrected chi connectivity index (χ3v) is 3.42. The zero-order valence-corrected chi connectivity index (χ0v) is 9.24. The van der Waals surface area contributed by atoms with Gasteiger partial charge >= 0.3 is 0 Å². The lowest BCUT2D eigenvalue weighted by Crippen LogP contribution is -2.45. The summed E-state index contributed by atoms with van der Waals surface area (Å²) in [6.45, 7) is 2.19. The number of amides is 1. The molecule has 4 heteroatoms. The molecule has 84 valence electrons. The van der Waals surface area contributed by atoms with Crippen LogP contribution in [-0.4, -0.2) is 54.2 Å². The smallest absolute Gasteiger partial charge is 0.230 e. The Bertz CT molecular complexity index is 278. The van der Waals surface area contributed by atoms with Gasteiger partial charge in [0.25, 0.3) is 0 Å². The van der Waals surface area contributed by atoms with Gasteiger partial charge in [-0.05, 0) is 26.4 Å². The molecular formula is C11H18N2O2. The highest BCUT2D eigenvalue weighted by Crippen LogP contribution is 2.18. The van der Waals surface area contributed by atoms with Crippen molar-refractivity contribution in [2.75, 3.05) is 26.7 Å². The van der Waals surface area contributed by atoms with Crippen LogP contribution in [0.3, 0.4) is 0 Å². The fourth-order valence-electron chi connectivity index (χ4n) is 2.43. The van der Waals surface area contributed by atoms with E-state index in [1.165, 1.54) is 12.8 Å². The first-order valence-corrected chi connectivity index (χ1v) is 5.66. The molecule has 4 nitrogen and oxygen atoms in total. The van der Waals surface area contributed by atoms with Crippen molar-refractivity contribution in [3.8, 4) is 0 Å². The van der Waals surface area contributed by atoms with Crippen molar-refractivity contribution < 1.29 is 9.59 Å². The maximum absolute atomic E-state index is 11.5. The Morgan fingerprint density at radius 1 is 1.33 bits per heavy atom. The van der Waals surface area contributed by atoms with E-state index in [0.717, 1.165) is 19.5 Å². The molecule has 2 aliphatic heterocycles. The lowest BCUT2D eigenvalue weighted by Gasteiger charge is -2.34. The third kappa shape index (κ3) is 2.37. The highest BCUT2D eigenvalue weighted by molar-refractivity contribution is 6.05. The highest BCUT2D eigenvalue weighted by Gasteiger charge is 2.30. The van der Waals surface area contributed by atoms with Gasteiger partial charge in [0.2, 0.25) is 5.91 Å². The molecular weight excluding hydrogens is 192 g/mol. The van der Waals surface area contributed by atoms with Gasteiger partial charge in [-0.2, -0.15) is 0 Å². The van der Waals surface area contributed by atoms with E-state index in [0.29, 0.717) is 12.6 Å². The number of piperidine rings is 1. The van der Waals surface area contributed by atoms with E-state index in [1.807, 2.05) is 0 Å². The Morgan fingerprint density at radius 3 is 2.73 bits per heavy atom. The van der Waals surface area contributed by atoms with Gasteiger partial charge in [0, 0.05) is 12.6 Å². The van der Waals surface area contributed by atoms with Gasteiger partial charge in [-0.15, -0.1) is 0 Å². The molecule has 0 radical (unpaired) electrons. The summed E-state index contributed by atoms with van der Waals surface area (Å²) >= 11 is 0. The SMILES string of the molecule is CN1CCCCC1CN1CC(=O)CC1=O. The molecule has 0 aliphatic carbocycles. The zero-order valence-electron chi connectivity index (χ0n) is 9.24. The first-order valence-electron chi connectivity index (χ1n) is 5.66. The van der Waals surface area contributed by atoms with E-state index in [2.05, 4.69) is 11.9 Å². The number of nitrogens with zero attached hydrogens (tertiary/aromatic N) is 2. The van der Waals surface area contributed by atoms with Gasteiger partial charge in [-0.1, -0.05) is 6.42 Å². The molecule has 0 aromatic carbocycles. The van der Waals surface area contributed by atoms with Gasteiger partial charge in [-0.3, -0.25) is 9.59 Å². The summed E-state index contributed by atoms with van der Waals surface area (Å²) in [5.41, 5.74) is 0. The zero-order chi connectivity index (χ0) is 10.8. The number of ketones is 1. The number of likely N-dealkylation sites (tertiary alicyclic amines) is 2. The Morgan fingerprint density at radius 2 is 2.13 bits per heavy atom. The van der Waals surface area contributed by atoms with Gasteiger partial charge in [0.1, 0.15) is 0 Å². The van der Waals surface area contributed by atoms with Crippen molar-refractivity contribution in [1.82, 2.24) is 9.80 Å². The second kappa shape index (κ2) is 4.31. The Hall–Kier alpha value is -0.900. The first kappa shape index (κ1) is 10.6. The summed E-state index contributed by atoms with van der Waals surface area (Å²) in [4.78, 5) is 26.6. The van der Waals surface area contributed by atoms with Gasteiger partial charge in [-0.25, -0.2) is 0 Å². The van der Waals surface area contributed by atoms with E-state index in [9.17, 15) is 9.59 Å². The monoisotopic (exact) mass is 210 g/mol. The molecule has 0 spiro atoms. The molecule has 2 saturated heterocycles. The number of hydrogen-bond donors (Lipinski definition) is 0. The highest BCUT2D eigenvalue weighted by atomic mass is 16.2. The standard InChI is InChI=1S/C11H18N2O2/c1-12-5-3-2-4-9(12)7-13-8-10(14)6-11(13)15/h9H,2-8H2,1H3. The average Bonchev–Trinajstić information content (AvgIpc) is 2.49. The topological polar surface area (TPSA) is 40.6 Å². The average molecular weight is 210 g/mol. The maximum atomic E-state index is 11.5. The number of hydrogen-bond acceptors (Lipinski definition) is 3. The molecule has 2 heterocycles. The summed E-state index contributed by atoms with van der Waals surface area (Å²) in [6.07, 6.45) is 3.76. The molecule has 1 amide bonds. The second-order valence-corrected chi connectivity index (χ2v) is 4.62. The predicted molar refractivity (Wildman–Crippen MR) is 56.5 cm³/mol. The summed E-state index contributed by atoms with van der Waals surface area (Å²) in [5.74, 6) is 0.0810. The summed E-state index contributed by atoms with van der Waals surface area (Å²) < 4.78 is 0. The van der Waals surface area contributed by atoms with Gasteiger partial charge in [0.05, 0.1) is 13.0 Å². The van der Waals surface area contributed by atoms with Crippen molar-refractivity contribution in [1.29, 1.82) is 0 Å². The van der Waals surface area contributed by atoms with Gasteiger partial charge in [0.15, 0.2) is 5.78 Å². The molecule has 0 aromatic heterocycles. The molecule has 0 N–H and O–H groups in total. The van der Waals surface area contributed by atoms with E-state index < -0.39 is 0 Å². The predicted octanol–water partition coefficient (Wildman–Crippen LogP) is 0.272. The number of carbonyl (C=O) groups excluding carboxylic acids is 2. The van der Waals surface area contributed by atoms with Crippen LogP contribution in [0, 0.1) is 0 Å². The van der Waals surface area contributed by atoms with Crippen LogP contribution in [0.1, 0.15) is 25.7 Å². The molecule has 0 saturated carbocycles. The minimum Gasteiger partial charge on any atom is -0.333 e. The van der Waals surface area contributed by atoms with E-state index in [1.54, 1.807) is 4.90 Å². The molecule has 0 bridgehead atoms. The Kier molecular flexibility index (Phi) is 3.05. The maximum Gasteiger partial charge on any atom is 0.230 e. The fraction of sp³-hybridized carbons (Fsp3) is 0.818. The second-order valence-electron chi connectivity index (χ2n) is 4.62. The van der Waals surface area contributed by atoms with Crippen molar-refractivity contribution in [3.05, 3.63) is 0 Å². The molecule has 2 rings (SSSR count). The van der Waals surface area contributed by atoms with Gasteiger partial charge < -0.3 is 9.80 Å². The Labute approximate surface area is 90.2 Å². The van der Waals surface area contributed by atoms with Crippen LogP contribution >= 0.6 is 0 Å². The van der Waals surface area contributed by atoms with E-state index in [-0.39, 0.29) is 18.1 Å². The van der Waals surface area contributed by atoms with Crippen molar-refractivity contribution in [3.63, 3.8) is 0 Å². The van der Waals surface area contributed by atoms with E-state index in [4.69, 9.17) is 0 Å². The summed E-state index contributed by atoms with van der Waals surface area (Å²) in [7, 11) is 2.10. The van der Waals surface area contributed by atoms with Crippen LogP contribution < -0.4 is 0 Å². The minimum absolute atomic E-state index is 0.0129. The number of Topliss-reactive ketones (excluding diaryl/α,β-unsaturated/α-hetero) is 1. The summed E-state index contributed by atoms with van der Waals surface area (Å²) in [6, 6.07) is 0.452. The lowest BCUT2D eigenvalue weighted by molar-refractivity contribution is -0.128. The van der Waals surface area contributed by atoms with Crippen LogP contribution in [0.5, 0.6) is 0 Å². The number of likely N-dealkylation sites (N-methyl/N-ethyl adjacent to an activating group) is 1. The van der Waals surface area contributed by atoms with Crippen LogP contribution in [-0.2, 0) is 9.59 Å². The number of rotatable bonds is 2. The quantitative estimate of drug-likeness (QED) is 0.614. The molecule has 2 fully saturated rings. The number of carbonyl (C=O) groups is 2. The third-order valence-electron chi connectivity index (χ3n) is 3.42. The van der Waals surface area contributed by atoms with Crippen LogP contribution in [0.4, 0.5) is 0 Å². The molecule has 1 unspecified atom stereocenters. The fourth-order valence-corrected chi connectivity index (χ4v) is 2.43. The van der Waals surface area contributed by atoms with Crippen molar-refractivity contribution in [2.45, 2.75) is 31.7 Å². The molecule has 1 atom stereocenters. The van der Waals surface area contributed by atoms with Crippen LogP contribution in [0.25, 0.3) is 0 Å². The van der Waals surface area contributed by atoms with E-state index >= 15 is 0 Å². The minimum atomic E-state index is 0.0129. The first-order chi connectivity index (χ1) is 7.16. The largest absolute Gasteiger partial charge is 0.333 e. The molecule has 15 heavy (non-hydrogen) atoms. The van der Waals surface area contributed by atoms with Crippen molar-refractivity contribution >= 4 is 11.7 Å². The van der Waals surface area contributed by atoms with Crippen molar-refractivity contribution in [2.24, 2.45) is 0 Å². The molecule has 0 aromatic rings.